The van der Waals surface area contributed by atoms with Crippen molar-refractivity contribution in [2.75, 3.05) is 39.3 Å². The largest absolute Gasteiger partial charge is 0.355 e. The molecule has 0 aliphatic carbocycles. The molecule has 2 aliphatic heterocycles. The highest BCUT2D eigenvalue weighted by atomic mass is 16.2. The summed E-state index contributed by atoms with van der Waals surface area (Å²) < 4.78 is 0. The first kappa shape index (κ1) is 11.9. The van der Waals surface area contributed by atoms with Gasteiger partial charge in [0, 0.05) is 19.6 Å². The lowest BCUT2D eigenvalue weighted by Crippen LogP contribution is -2.38. The van der Waals surface area contributed by atoms with Crippen LogP contribution in [0.1, 0.15) is 13.8 Å². The maximum atomic E-state index is 11.7. The highest BCUT2D eigenvalue weighted by molar-refractivity contribution is 5.78. The number of amides is 1. The third-order valence-corrected chi connectivity index (χ3v) is 3.54. The fourth-order valence-corrected chi connectivity index (χ4v) is 2.66. The Hall–Kier alpha value is -0.610. The Morgan fingerprint density at radius 2 is 2.00 bits per heavy atom. The molecule has 2 N–H and O–H groups in total. The summed E-state index contributed by atoms with van der Waals surface area (Å²) in [5.74, 6) is 2.27. The lowest BCUT2D eigenvalue weighted by Gasteiger charge is -2.16. The summed E-state index contributed by atoms with van der Waals surface area (Å²) in [6.45, 7) is 10.1. The molecule has 0 aromatic rings. The van der Waals surface area contributed by atoms with Crippen LogP contribution in [-0.4, -0.2) is 50.1 Å². The average molecular weight is 225 g/mol. The molecular formula is C12H23N3O. The van der Waals surface area contributed by atoms with E-state index in [0.717, 1.165) is 44.6 Å². The summed E-state index contributed by atoms with van der Waals surface area (Å²) in [6, 6.07) is 0. The molecule has 4 heteroatoms. The minimum atomic E-state index is 0.182. The maximum Gasteiger partial charge on any atom is 0.234 e. The Bertz CT molecular complexity index is 243. The maximum absolute atomic E-state index is 11.7. The number of rotatable bonds is 4. The van der Waals surface area contributed by atoms with Gasteiger partial charge in [0.1, 0.15) is 0 Å². The second-order valence-electron chi connectivity index (χ2n) is 5.57. The number of nitrogens with zero attached hydrogens (tertiary/aromatic N) is 1. The average Bonchev–Trinajstić information content (AvgIpc) is 2.74. The van der Waals surface area contributed by atoms with Crippen molar-refractivity contribution in [1.29, 1.82) is 0 Å². The molecule has 0 saturated carbocycles. The molecule has 2 unspecified atom stereocenters. The topological polar surface area (TPSA) is 44.4 Å². The molecule has 0 radical (unpaired) electrons. The number of hydrogen-bond acceptors (Lipinski definition) is 3. The van der Waals surface area contributed by atoms with E-state index in [9.17, 15) is 4.79 Å². The van der Waals surface area contributed by atoms with E-state index in [2.05, 4.69) is 29.4 Å². The van der Waals surface area contributed by atoms with Crippen molar-refractivity contribution < 1.29 is 4.79 Å². The van der Waals surface area contributed by atoms with Gasteiger partial charge in [-0.1, -0.05) is 13.8 Å². The van der Waals surface area contributed by atoms with Gasteiger partial charge in [0.25, 0.3) is 0 Å². The van der Waals surface area contributed by atoms with Crippen molar-refractivity contribution in [2.24, 2.45) is 17.8 Å². The van der Waals surface area contributed by atoms with E-state index < -0.39 is 0 Å². The van der Waals surface area contributed by atoms with Gasteiger partial charge >= 0.3 is 0 Å². The number of hydrogen-bond donors (Lipinski definition) is 2. The minimum absolute atomic E-state index is 0.182. The SMILES string of the molecule is CC(C)CNC(=O)CN1CC2CNCC2C1. The standard InChI is InChI=1S/C12H23N3O/c1-9(2)3-14-12(16)8-15-6-10-4-13-5-11(10)7-15/h9-11,13H,3-8H2,1-2H3,(H,14,16). The predicted octanol–water partition coefficient (Wildman–Crippen LogP) is -0.0902. The van der Waals surface area contributed by atoms with E-state index in [1.54, 1.807) is 0 Å². The monoisotopic (exact) mass is 225 g/mol. The third-order valence-electron chi connectivity index (χ3n) is 3.54. The van der Waals surface area contributed by atoms with Gasteiger partial charge in [0.15, 0.2) is 0 Å². The lowest BCUT2D eigenvalue weighted by molar-refractivity contribution is -0.122. The number of carbonyl (C=O) groups is 1. The highest BCUT2D eigenvalue weighted by Gasteiger charge is 2.36. The first-order chi connectivity index (χ1) is 7.65. The van der Waals surface area contributed by atoms with Crippen molar-refractivity contribution >= 4 is 5.91 Å². The van der Waals surface area contributed by atoms with E-state index in [-0.39, 0.29) is 5.91 Å². The molecule has 2 saturated heterocycles. The normalized spacial score (nSPS) is 29.7. The molecule has 2 fully saturated rings. The summed E-state index contributed by atoms with van der Waals surface area (Å²) in [7, 11) is 0. The van der Waals surface area contributed by atoms with Crippen LogP contribution in [-0.2, 0) is 4.79 Å². The van der Waals surface area contributed by atoms with Crippen LogP contribution in [0.15, 0.2) is 0 Å². The number of nitrogens with one attached hydrogen (secondary N) is 2. The van der Waals surface area contributed by atoms with Gasteiger partial charge in [-0.15, -0.1) is 0 Å². The molecular weight excluding hydrogens is 202 g/mol. The zero-order valence-corrected chi connectivity index (χ0v) is 10.3. The quantitative estimate of drug-likeness (QED) is 0.703. The van der Waals surface area contributed by atoms with E-state index in [1.807, 2.05) is 0 Å². The minimum Gasteiger partial charge on any atom is -0.355 e. The van der Waals surface area contributed by atoms with Crippen molar-refractivity contribution in [3.8, 4) is 0 Å². The molecule has 0 aromatic carbocycles. The lowest BCUT2D eigenvalue weighted by atomic mass is 10.0. The Kier molecular flexibility index (Phi) is 3.82. The van der Waals surface area contributed by atoms with Crippen LogP contribution >= 0.6 is 0 Å². The molecule has 0 spiro atoms. The molecule has 92 valence electrons. The molecule has 2 atom stereocenters. The van der Waals surface area contributed by atoms with E-state index in [0.29, 0.717) is 12.5 Å². The fourth-order valence-electron chi connectivity index (χ4n) is 2.66. The number of fused-ring (bicyclic) bond motifs is 1. The molecule has 16 heavy (non-hydrogen) atoms. The summed E-state index contributed by atoms with van der Waals surface area (Å²) in [5.41, 5.74) is 0. The molecule has 2 heterocycles. The van der Waals surface area contributed by atoms with Gasteiger partial charge in [-0.3, -0.25) is 9.69 Å². The first-order valence-corrected chi connectivity index (χ1v) is 6.35. The van der Waals surface area contributed by atoms with Gasteiger partial charge in [-0.25, -0.2) is 0 Å². The zero-order valence-electron chi connectivity index (χ0n) is 10.3. The van der Waals surface area contributed by atoms with Crippen LogP contribution in [0.4, 0.5) is 0 Å². The smallest absolute Gasteiger partial charge is 0.234 e. The van der Waals surface area contributed by atoms with Crippen LogP contribution in [0.3, 0.4) is 0 Å². The summed E-state index contributed by atoms with van der Waals surface area (Å²) in [6.07, 6.45) is 0. The van der Waals surface area contributed by atoms with Crippen molar-refractivity contribution in [3.63, 3.8) is 0 Å². The van der Waals surface area contributed by atoms with Crippen molar-refractivity contribution in [1.82, 2.24) is 15.5 Å². The number of likely N-dealkylation sites (tertiary alicyclic amines) is 1. The fraction of sp³-hybridized carbons (Fsp3) is 0.917. The second kappa shape index (κ2) is 5.15. The van der Waals surface area contributed by atoms with Crippen LogP contribution in [0.25, 0.3) is 0 Å². The third kappa shape index (κ3) is 2.95. The molecule has 0 bridgehead atoms. The molecule has 2 rings (SSSR count). The van der Waals surface area contributed by atoms with Crippen molar-refractivity contribution in [2.45, 2.75) is 13.8 Å². The Balaban J connectivity index is 1.68. The zero-order chi connectivity index (χ0) is 11.5. The molecule has 4 nitrogen and oxygen atoms in total. The van der Waals surface area contributed by atoms with Gasteiger partial charge < -0.3 is 10.6 Å². The number of carbonyl (C=O) groups excluding carboxylic acids is 1. The van der Waals surface area contributed by atoms with Gasteiger partial charge in [0.2, 0.25) is 5.91 Å². The van der Waals surface area contributed by atoms with E-state index in [4.69, 9.17) is 0 Å². The Labute approximate surface area is 97.8 Å². The van der Waals surface area contributed by atoms with Gasteiger partial charge in [-0.05, 0) is 30.8 Å². The summed E-state index contributed by atoms with van der Waals surface area (Å²) in [5, 5.41) is 6.39. The van der Waals surface area contributed by atoms with E-state index >= 15 is 0 Å². The van der Waals surface area contributed by atoms with Crippen LogP contribution in [0.2, 0.25) is 0 Å². The molecule has 2 aliphatic rings. The van der Waals surface area contributed by atoms with Gasteiger partial charge in [-0.2, -0.15) is 0 Å². The van der Waals surface area contributed by atoms with Crippen LogP contribution in [0, 0.1) is 17.8 Å². The van der Waals surface area contributed by atoms with E-state index in [1.165, 1.54) is 0 Å². The Morgan fingerprint density at radius 1 is 1.38 bits per heavy atom. The Morgan fingerprint density at radius 3 is 2.56 bits per heavy atom. The molecule has 0 aromatic heterocycles. The summed E-state index contributed by atoms with van der Waals surface area (Å²) in [4.78, 5) is 14.0. The summed E-state index contributed by atoms with van der Waals surface area (Å²) >= 11 is 0. The van der Waals surface area contributed by atoms with Crippen LogP contribution < -0.4 is 10.6 Å². The van der Waals surface area contributed by atoms with Gasteiger partial charge in [0.05, 0.1) is 6.54 Å². The predicted molar refractivity (Wildman–Crippen MR) is 64.1 cm³/mol. The molecule has 1 amide bonds. The van der Waals surface area contributed by atoms with Crippen molar-refractivity contribution in [3.05, 3.63) is 0 Å². The first-order valence-electron chi connectivity index (χ1n) is 6.35. The van der Waals surface area contributed by atoms with Crippen LogP contribution in [0.5, 0.6) is 0 Å². The highest BCUT2D eigenvalue weighted by Crippen LogP contribution is 2.25. The second-order valence-corrected chi connectivity index (χ2v) is 5.57.